The summed E-state index contributed by atoms with van der Waals surface area (Å²) < 4.78 is 5.13. The molecule has 0 fully saturated rings. The van der Waals surface area contributed by atoms with E-state index in [1.807, 2.05) is 0 Å². The van der Waals surface area contributed by atoms with Gasteiger partial charge in [0.2, 0.25) is 0 Å². The third-order valence-electron chi connectivity index (χ3n) is 2.27. The molecule has 0 saturated heterocycles. The molecule has 0 rings (SSSR count). The second-order valence-corrected chi connectivity index (χ2v) is 4.16. The average molecular weight is 217 g/mol. The summed E-state index contributed by atoms with van der Waals surface area (Å²) in [6, 6.07) is 0. The normalized spacial score (nSPS) is 13.4. The van der Waals surface area contributed by atoms with Crippen molar-refractivity contribution < 1.29 is 4.74 Å². The van der Waals surface area contributed by atoms with Crippen LogP contribution in [0.15, 0.2) is 0 Å². The zero-order valence-electron chi connectivity index (χ0n) is 10.7. The molecule has 0 aromatic carbocycles. The van der Waals surface area contributed by atoms with Crippen LogP contribution in [0.2, 0.25) is 0 Å². The summed E-state index contributed by atoms with van der Waals surface area (Å²) in [6.07, 6.45) is 1.51. The van der Waals surface area contributed by atoms with Crippen molar-refractivity contribution in [3.8, 4) is 0 Å². The van der Waals surface area contributed by atoms with Crippen molar-refractivity contribution in [2.45, 2.75) is 19.4 Å². The molecule has 0 radical (unpaired) electrons. The van der Waals surface area contributed by atoms with E-state index in [0.717, 1.165) is 32.7 Å². The summed E-state index contributed by atoms with van der Waals surface area (Å²) in [5, 5.41) is 6.74. The molecular weight excluding hydrogens is 190 g/mol. The number of hydrogen-bond donors (Lipinski definition) is 2. The Morgan fingerprint density at radius 3 is 2.40 bits per heavy atom. The molecule has 0 bridgehead atoms. The molecule has 4 nitrogen and oxygen atoms in total. The number of hydrogen-bond acceptors (Lipinski definition) is 4. The van der Waals surface area contributed by atoms with E-state index in [1.165, 1.54) is 6.42 Å². The second kappa shape index (κ2) is 10.4. The van der Waals surface area contributed by atoms with Gasteiger partial charge in [-0.2, -0.15) is 0 Å². The van der Waals surface area contributed by atoms with E-state index in [2.05, 4.69) is 36.6 Å². The topological polar surface area (TPSA) is 36.5 Å². The average Bonchev–Trinajstić information content (AvgIpc) is 2.21. The lowest BCUT2D eigenvalue weighted by molar-refractivity contribution is 0.117. The number of rotatable bonds is 10. The van der Waals surface area contributed by atoms with Crippen LogP contribution in [0.3, 0.4) is 0 Å². The summed E-state index contributed by atoms with van der Waals surface area (Å²) >= 11 is 0. The Labute approximate surface area is 94.4 Å². The largest absolute Gasteiger partial charge is 0.380 e. The van der Waals surface area contributed by atoms with Crippen LogP contribution in [0.4, 0.5) is 0 Å². The van der Waals surface area contributed by atoms with Gasteiger partial charge in [0.05, 0.1) is 6.10 Å². The van der Waals surface area contributed by atoms with Gasteiger partial charge >= 0.3 is 0 Å². The molecular formula is C11H27N3O. The van der Waals surface area contributed by atoms with Crippen molar-refractivity contribution in [3.63, 3.8) is 0 Å². The zero-order valence-corrected chi connectivity index (χ0v) is 10.7. The van der Waals surface area contributed by atoms with Gasteiger partial charge in [0.1, 0.15) is 0 Å². The third kappa shape index (κ3) is 11.8. The highest BCUT2D eigenvalue weighted by molar-refractivity contribution is 4.57. The Hall–Kier alpha value is -0.160. The SMILES string of the molecule is COC(C)CNCCNCCCN(C)C. The molecule has 1 unspecified atom stereocenters. The lowest BCUT2D eigenvalue weighted by Crippen LogP contribution is -2.33. The highest BCUT2D eigenvalue weighted by Gasteiger charge is 1.96. The van der Waals surface area contributed by atoms with E-state index in [9.17, 15) is 0 Å². The Bertz CT molecular complexity index is 131. The summed E-state index contributed by atoms with van der Waals surface area (Å²) in [6.45, 7) is 7.29. The van der Waals surface area contributed by atoms with Crippen LogP contribution in [-0.2, 0) is 4.74 Å². The second-order valence-electron chi connectivity index (χ2n) is 4.16. The quantitative estimate of drug-likeness (QED) is 0.511. The minimum Gasteiger partial charge on any atom is -0.380 e. The van der Waals surface area contributed by atoms with Gasteiger partial charge in [-0.05, 0) is 40.5 Å². The Kier molecular flexibility index (Phi) is 10.3. The molecule has 0 spiro atoms. The molecule has 0 amide bonds. The number of methoxy groups -OCH3 is 1. The van der Waals surface area contributed by atoms with Crippen molar-refractivity contribution >= 4 is 0 Å². The first-order valence-electron chi connectivity index (χ1n) is 5.75. The standard InChI is InChI=1S/C11H27N3O/c1-11(15-4)10-13-8-7-12-6-5-9-14(2)3/h11-13H,5-10H2,1-4H3. The molecule has 4 heteroatoms. The van der Waals surface area contributed by atoms with Gasteiger partial charge in [-0.15, -0.1) is 0 Å². The fourth-order valence-electron chi connectivity index (χ4n) is 1.21. The molecule has 0 heterocycles. The maximum Gasteiger partial charge on any atom is 0.0667 e. The van der Waals surface area contributed by atoms with Crippen LogP contribution in [0.25, 0.3) is 0 Å². The molecule has 0 aliphatic heterocycles. The van der Waals surface area contributed by atoms with E-state index in [1.54, 1.807) is 7.11 Å². The first kappa shape index (κ1) is 14.8. The minimum atomic E-state index is 0.304. The van der Waals surface area contributed by atoms with Gasteiger partial charge in [0.25, 0.3) is 0 Å². The van der Waals surface area contributed by atoms with E-state index in [0.29, 0.717) is 6.10 Å². The monoisotopic (exact) mass is 217 g/mol. The van der Waals surface area contributed by atoms with Gasteiger partial charge in [0.15, 0.2) is 0 Å². The van der Waals surface area contributed by atoms with Crippen molar-refractivity contribution in [1.82, 2.24) is 15.5 Å². The Morgan fingerprint density at radius 1 is 1.13 bits per heavy atom. The van der Waals surface area contributed by atoms with Crippen LogP contribution in [0, 0.1) is 0 Å². The summed E-state index contributed by atoms with van der Waals surface area (Å²) in [5.74, 6) is 0. The van der Waals surface area contributed by atoms with Gasteiger partial charge in [-0.3, -0.25) is 0 Å². The van der Waals surface area contributed by atoms with E-state index >= 15 is 0 Å². The summed E-state index contributed by atoms with van der Waals surface area (Å²) in [4.78, 5) is 2.21. The van der Waals surface area contributed by atoms with Crippen LogP contribution in [0.1, 0.15) is 13.3 Å². The van der Waals surface area contributed by atoms with Crippen molar-refractivity contribution in [3.05, 3.63) is 0 Å². The predicted molar refractivity (Wildman–Crippen MR) is 65.4 cm³/mol. The van der Waals surface area contributed by atoms with Crippen LogP contribution >= 0.6 is 0 Å². The van der Waals surface area contributed by atoms with Gasteiger partial charge in [-0.25, -0.2) is 0 Å². The maximum absolute atomic E-state index is 5.13. The lowest BCUT2D eigenvalue weighted by atomic mass is 10.4. The summed E-state index contributed by atoms with van der Waals surface area (Å²) in [5.41, 5.74) is 0. The lowest BCUT2D eigenvalue weighted by Gasteiger charge is -2.12. The van der Waals surface area contributed by atoms with Crippen molar-refractivity contribution in [2.75, 3.05) is 53.9 Å². The first-order chi connectivity index (χ1) is 7.16. The fraction of sp³-hybridized carbons (Fsp3) is 1.00. The number of ether oxygens (including phenoxy) is 1. The van der Waals surface area contributed by atoms with Gasteiger partial charge in [0, 0.05) is 26.7 Å². The summed E-state index contributed by atoms with van der Waals surface area (Å²) in [7, 11) is 5.95. The van der Waals surface area contributed by atoms with Crippen LogP contribution < -0.4 is 10.6 Å². The molecule has 92 valence electrons. The van der Waals surface area contributed by atoms with Gasteiger partial charge < -0.3 is 20.3 Å². The number of nitrogens with zero attached hydrogens (tertiary/aromatic N) is 1. The van der Waals surface area contributed by atoms with E-state index < -0.39 is 0 Å². The minimum absolute atomic E-state index is 0.304. The Balaban J connectivity index is 2.99. The molecule has 1 atom stereocenters. The molecule has 15 heavy (non-hydrogen) atoms. The van der Waals surface area contributed by atoms with Crippen molar-refractivity contribution in [2.24, 2.45) is 0 Å². The van der Waals surface area contributed by atoms with Gasteiger partial charge in [-0.1, -0.05) is 0 Å². The molecule has 2 N–H and O–H groups in total. The molecule has 0 aliphatic carbocycles. The highest BCUT2D eigenvalue weighted by atomic mass is 16.5. The molecule has 0 saturated carbocycles. The predicted octanol–water partition coefficient (Wildman–Crippen LogP) is 0.152. The number of nitrogens with one attached hydrogen (secondary N) is 2. The smallest absolute Gasteiger partial charge is 0.0667 e. The first-order valence-corrected chi connectivity index (χ1v) is 5.75. The van der Waals surface area contributed by atoms with Crippen molar-refractivity contribution in [1.29, 1.82) is 0 Å². The Morgan fingerprint density at radius 2 is 1.80 bits per heavy atom. The zero-order chi connectivity index (χ0) is 11.5. The fourth-order valence-corrected chi connectivity index (χ4v) is 1.21. The van der Waals surface area contributed by atoms with E-state index in [-0.39, 0.29) is 0 Å². The van der Waals surface area contributed by atoms with Crippen LogP contribution in [0.5, 0.6) is 0 Å². The van der Waals surface area contributed by atoms with E-state index in [4.69, 9.17) is 4.74 Å². The van der Waals surface area contributed by atoms with Crippen LogP contribution in [-0.4, -0.2) is 64.9 Å². The molecule has 0 aromatic rings. The third-order valence-corrected chi connectivity index (χ3v) is 2.27. The maximum atomic E-state index is 5.13. The molecule has 0 aliphatic rings. The molecule has 0 aromatic heterocycles. The highest BCUT2D eigenvalue weighted by Crippen LogP contribution is 1.82.